The van der Waals surface area contributed by atoms with Gasteiger partial charge in [0.1, 0.15) is 5.54 Å². The summed E-state index contributed by atoms with van der Waals surface area (Å²) in [6.45, 7) is 0. The van der Waals surface area contributed by atoms with E-state index < -0.39 is 16.5 Å². The first-order chi connectivity index (χ1) is 11.0. The number of para-hydroxylation sites is 1. The maximum absolute atomic E-state index is 12.5. The molecule has 1 aromatic carbocycles. The van der Waals surface area contributed by atoms with Crippen LogP contribution < -0.4 is 5.32 Å². The van der Waals surface area contributed by atoms with Crippen LogP contribution >= 0.6 is 0 Å². The number of nitrogens with one attached hydrogen (secondary N) is 1. The van der Waals surface area contributed by atoms with Crippen molar-refractivity contribution >= 4 is 23.8 Å². The smallest absolute Gasteiger partial charge is 0.321 e. The number of urea groups is 1. The highest BCUT2D eigenvalue weighted by Crippen LogP contribution is 2.33. The average Bonchev–Trinajstić information content (AvgIpc) is 2.77. The molecule has 1 spiro atoms. The lowest BCUT2D eigenvalue weighted by atomic mass is 9.82. The monoisotopic (exact) mass is 316 g/mol. The van der Waals surface area contributed by atoms with Crippen molar-refractivity contribution in [2.45, 2.75) is 37.6 Å². The van der Waals surface area contributed by atoms with Gasteiger partial charge in [0.05, 0.1) is 16.7 Å². The molecule has 1 saturated carbocycles. The van der Waals surface area contributed by atoms with E-state index in [-0.39, 0.29) is 17.2 Å². The van der Waals surface area contributed by atoms with Gasteiger partial charge in [0.25, 0.3) is 11.6 Å². The predicted molar refractivity (Wildman–Crippen MR) is 81.9 cm³/mol. The van der Waals surface area contributed by atoms with E-state index in [9.17, 15) is 19.7 Å². The van der Waals surface area contributed by atoms with Crippen LogP contribution in [-0.4, -0.2) is 33.6 Å². The molecule has 1 aliphatic heterocycles. The van der Waals surface area contributed by atoms with Crippen LogP contribution in [0.1, 0.15) is 37.7 Å². The molecule has 8 heteroatoms. The summed E-state index contributed by atoms with van der Waals surface area (Å²) < 4.78 is 0. The van der Waals surface area contributed by atoms with E-state index in [1.165, 1.54) is 18.3 Å². The van der Waals surface area contributed by atoms with Gasteiger partial charge in [-0.05, 0) is 18.9 Å². The number of hydrogen-bond acceptors (Lipinski definition) is 5. The molecule has 3 rings (SSSR count). The van der Waals surface area contributed by atoms with Crippen LogP contribution in [0.4, 0.5) is 10.5 Å². The van der Waals surface area contributed by atoms with Crippen molar-refractivity contribution in [1.82, 2.24) is 10.3 Å². The topological polar surface area (TPSA) is 105 Å². The van der Waals surface area contributed by atoms with E-state index in [1.807, 2.05) is 0 Å². The van der Waals surface area contributed by atoms with E-state index in [0.29, 0.717) is 12.8 Å². The number of benzene rings is 1. The Bertz CT molecular complexity index is 694. The summed E-state index contributed by atoms with van der Waals surface area (Å²) in [5.74, 6) is -0.378. The van der Waals surface area contributed by atoms with Crippen molar-refractivity contribution in [3.05, 3.63) is 39.9 Å². The molecule has 23 heavy (non-hydrogen) atoms. The van der Waals surface area contributed by atoms with Gasteiger partial charge in [-0.1, -0.05) is 31.4 Å². The minimum absolute atomic E-state index is 0.129. The van der Waals surface area contributed by atoms with Gasteiger partial charge in [0, 0.05) is 6.07 Å². The Hall–Kier alpha value is -2.77. The third-order valence-corrected chi connectivity index (χ3v) is 4.29. The molecule has 0 unspecified atom stereocenters. The van der Waals surface area contributed by atoms with Gasteiger partial charge in [-0.15, -0.1) is 5.01 Å². The summed E-state index contributed by atoms with van der Waals surface area (Å²) in [5, 5.41) is 18.4. The van der Waals surface area contributed by atoms with Crippen molar-refractivity contribution < 1.29 is 14.5 Å². The molecule has 1 heterocycles. The fourth-order valence-electron chi connectivity index (χ4n) is 3.09. The number of nitrogens with zero attached hydrogens (tertiary/aromatic N) is 3. The normalized spacial score (nSPS) is 20.3. The quantitative estimate of drug-likeness (QED) is 0.399. The number of carbonyl (C=O) groups excluding carboxylic acids is 2. The number of hydrogen-bond donors (Lipinski definition) is 1. The molecule has 0 atom stereocenters. The van der Waals surface area contributed by atoms with E-state index in [2.05, 4.69) is 10.4 Å². The van der Waals surface area contributed by atoms with Crippen LogP contribution in [0.3, 0.4) is 0 Å². The van der Waals surface area contributed by atoms with Crippen molar-refractivity contribution in [1.29, 1.82) is 0 Å². The Balaban J connectivity index is 1.84. The van der Waals surface area contributed by atoms with Crippen LogP contribution in [0, 0.1) is 10.1 Å². The summed E-state index contributed by atoms with van der Waals surface area (Å²) in [4.78, 5) is 35.0. The molecule has 2 fully saturated rings. The van der Waals surface area contributed by atoms with Gasteiger partial charge >= 0.3 is 6.03 Å². The number of nitro benzene ring substituents is 1. The van der Waals surface area contributed by atoms with Gasteiger partial charge in [-0.2, -0.15) is 5.10 Å². The lowest BCUT2D eigenvalue weighted by molar-refractivity contribution is -0.385. The lowest BCUT2D eigenvalue weighted by Crippen LogP contribution is -2.48. The summed E-state index contributed by atoms with van der Waals surface area (Å²) in [7, 11) is 0. The first-order valence-electron chi connectivity index (χ1n) is 7.48. The molecule has 120 valence electrons. The second-order valence-corrected chi connectivity index (χ2v) is 5.75. The Labute approximate surface area is 132 Å². The molecule has 2 aliphatic rings. The predicted octanol–water partition coefficient (Wildman–Crippen LogP) is 2.18. The zero-order valence-electron chi connectivity index (χ0n) is 12.4. The highest BCUT2D eigenvalue weighted by molar-refractivity contribution is 6.07. The van der Waals surface area contributed by atoms with Crippen molar-refractivity contribution in [2.75, 3.05) is 0 Å². The highest BCUT2D eigenvalue weighted by Gasteiger charge is 2.51. The summed E-state index contributed by atoms with van der Waals surface area (Å²) in [5.41, 5.74) is -0.742. The molecule has 3 amide bonds. The molecule has 8 nitrogen and oxygen atoms in total. The number of hydrazone groups is 1. The Morgan fingerprint density at radius 3 is 2.61 bits per heavy atom. The van der Waals surface area contributed by atoms with Crippen molar-refractivity contribution in [2.24, 2.45) is 5.10 Å². The van der Waals surface area contributed by atoms with E-state index in [4.69, 9.17) is 0 Å². The van der Waals surface area contributed by atoms with Crippen molar-refractivity contribution in [3.8, 4) is 0 Å². The van der Waals surface area contributed by atoms with Crippen LogP contribution in [0.15, 0.2) is 29.4 Å². The zero-order chi connectivity index (χ0) is 16.4. The molecule has 1 aliphatic carbocycles. The number of nitro groups is 1. The maximum atomic E-state index is 12.5. The third-order valence-electron chi connectivity index (χ3n) is 4.29. The largest absolute Gasteiger partial charge is 0.346 e. The second-order valence-electron chi connectivity index (χ2n) is 5.75. The van der Waals surface area contributed by atoms with Crippen molar-refractivity contribution in [3.63, 3.8) is 0 Å². The van der Waals surface area contributed by atoms with Crippen LogP contribution in [0.5, 0.6) is 0 Å². The fraction of sp³-hybridized carbons (Fsp3) is 0.400. The van der Waals surface area contributed by atoms with Crippen LogP contribution in [0.2, 0.25) is 0 Å². The standard InChI is InChI=1S/C15H16N4O4/c20-13-15(8-4-1-5-9-15)17-14(21)18(13)16-10-11-6-2-3-7-12(11)19(22)23/h2-3,6-7,10H,1,4-5,8-9H2,(H,17,21). The first kappa shape index (κ1) is 15.1. The van der Waals surface area contributed by atoms with Gasteiger partial charge in [-0.25, -0.2) is 4.79 Å². The first-order valence-corrected chi connectivity index (χ1v) is 7.48. The van der Waals surface area contributed by atoms with Gasteiger partial charge < -0.3 is 5.32 Å². The Morgan fingerprint density at radius 1 is 1.22 bits per heavy atom. The number of amides is 3. The zero-order valence-corrected chi connectivity index (χ0v) is 12.4. The third kappa shape index (κ3) is 2.67. The molecule has 0 bridgehead atoms. The minimum Gasteiger partial charge on any atom is -0.321 e. The summed E-state index contributed by atoms with van der Waals surface area (Å²) in [6.07, 6.45) is 5.20. The lowest BCUT2D eigenvalue weighted by Gasteiger charge is -2.29. The molecule has 1 saturated heterocycles. The molecule has 0 radical (unpaired) electrons. The highest BCUT2D eigenvalue weighted by atomic mass is 16.6. The van der Waals surface area contributed by atoms with E-state index in [0.717, 1.165) is 24.3 Å². The molecular formula is C15H16N4O4. The van der Waals surface area contributed by atoms with Crippen LogP contribution in [0.25, 0.3) is 0 Å². The number of carbonyl (C=O) groups is 2. The summed E-state index contributed by atoms with van der Waals surface area (Å²) in [6, 6.07) is 5.45. The minimum atomic E-state index is -0.852. The van der Waals surface area contributed by atoms with Gasteiger partial charge in [0.15, 0.2) is 0 Å². The van der Waals surface area contributed by atoms with Crippen LogP contribution in [-0.2, 0) is 4.79 Å². The molecule has 0 aromatic heterocycles. The average molecular weight is 316 g/mol. The SMILES string of the molecule is O=C1NC2(CCCCC2)C(=O)N1N=Cc1ccccc1[N+](=O)[O-]. The second kappa shape index (κ2) is 5.79. The Morgan fingerprint density at radius 2 is 1.91 bits per heavy atom. The van der Waals surface area contributed by atoms with Gasteiger partial charge in [0.2, 0.25) is 0 Å². The Kier molecular flexibility index (Phi) is 3.81. The molecule has 1 N–H and O–H groups in total. The summed E-state index contributed by atoms with van der Waals surface area (Å²) >= 11 is 0. The number of rotatable bonds is 3. The fourth-order valence-corrected chi connectivity index (χ4v) is 3.09. The number of imide groups is 1. The van der Waals surface area contributed by atoms with Gasteiger partial charge in [-0.3, -0.25) is 14.9 Å². The van der Waals surface area contributed by atoms with E-state index in [1.54, 1.807) is 12.1 Å². The molecular weight excluding hydrogens is 300 g/mol. The van der Waals surface area contributed by atoms with E-state index >= 15 is 0 Å². The molecule has 1 aromatic rings. The maximum Gasteiger partial charge on any atom is 0.346 e.